The van der Waals surface area contributed by atoms with E-state index >= 15 is 0 Å². The molecule has 0 amide bonds. The molecule has 0 saturated carbocycles. The molecule has 8 heteroatoms. The molecule has 0 aliphatic heterocycles. The van der Waals surface area contributed by atoms with Crippen LogP contribution in [0.5, 0.6) is 0 Å². The lowest BCUT2D eigenvalue weighted by molar-refractivity contribution is -0.140. The molecule has 19 heavy (non-hydrogen) atoms. The number of ether oxygens (including phenoxy) is 2. The fourth-order valence-corrected chi connectivity index (χ4v) is 1.18. The van der Waals surface area contributed by atoms with Crippen molar-refractivity contribution in [1.82, 2.24) is 9.97 Å². The molecule has 0 unspecified atom stereocenters. The summed E-state index contributed by atoms with van der Waals surface area (Å²) in [4.78, 5) is 38.6. The molecule has 1 rings (SSSR count). The van der Waals surface area contributed by atoms with Crippen molar-refractivity contribution < 1.29 is 19.1 Å². The molecule has 0 saturated heterocycles. The van der Waals surface area contributed by atoms with Crippen molar-refractivity contribution in [1.29, 1.82) is 0 Å². The van der Waals surface area contributed by atoms with Gasteiger partial charge in [0.15, 0.2) is 4.77 Å². The molecule has 1 aromatic heterocycles. The molecule has 1 aromatic rings. The third kappa shape index (κ3) is 4.51. The van der Waals surface area contributed by atoms with Crippen LogP contribution in [0.1, 0.15) is 17.3 Å². The fraction of sp³-hybridized carbons (Fsp3) is 0.273. The Morgan fingerprint density at radius 2 is 2.00 bits per heavy atom. The smallest absolute Gasteiger partial charge is 0.345 e. The van der Waals surface area contributed by atoms with Crippen molar-refractivity contribution in [2.45, 2.75) is 6.92 Å². The number of esters is 2. The van der Waals surface area contributed by atoms with Gasteiger partial charge in [-0.2, -0.15) is 0 Å². The first-order valence-corrected chi connectivity index (χ1v) is 5.64. The topological polar surface area (TPSA) is 101 Å². The van der Waals surface area contributed by atoms with Gasteiger partial charge in [-0.1, -0.05) is 6.58 Å². The van der Waals surface area contributed by atoms with Gasteiger partial charge in [0, 0.05) is 11.8 Å². The van der Waals surface area contributed by atoms with E-state index in [2.05, 4.69) is 28.8 Å². The number of aromatic nitrogens is 2. The second-order valence-electron chi connectivity index (χ2n) is 3.54. The van der Waals surface area contributed by atoms with Crippen LogP contribution in [0.2, 0.25) is 0 Å². The maximum atomic E-state index is 11.5. The monoisotopic (exact) mass is 284 g/mol. The molecule has 0 spiro atoms. The lowest BCUT2D eigenvalue weighted by atomic mass is 10.3. The quantitative estimate of drug-likeness (QED) is 0.357. The van der Waals surface area contributed by atoms with E-state index in [0.29, 0.717) is 0 Å². The number of H-pyrrole nitrogens is 2. The van der Waals surface area contributed by atoms with Crippen LogP contribution in [0.4, 0.5) is 0 Å². The average molecular weight is 284 g/mol. The van der Waals surface area contributed by atoms with Crippen LogP contribution in [0.3, 0.4) is 0 Å². The van der Waals surface area contributed by atoms with Crippen LogP contribution >= 0.6 is 12.2 Å². The van der Waals surface area contributed by atoms with E-state index in [4.69, 9.17) is 9.47 Å². The highest BCUT2D eigenvalue weighted by Crippen LogP contribution is 1.95. The Morgan fingerprint density at radius 1 is 1.37 bits per heavy atom. The highest BCUT2D eigenvalue weighted by atomic mass is 32.1. The SMILES string of the molecule is C=C(C)C(=O)OCCOC(=O)c1c[nH]c(=S)[nH]c1=O. The minimum Gasteiger partial charge on any atom is -0.459 e. The van der Waals surface area contributed by atoms with Crippen LogP contribution < -0.4 is 5.56 Å². The third-order valence-electron chi connectivity index (χ3n) is 1.94. The Bertz CT molecular complexity index is 616. The van der Waals surface area contributed by atoms with Crippen LogP contribution in [-0.2, 0) is 14.3 Å². The standard InChI is InChI=1S/C11H12N2O5S/c1-6(2)9(15)17-3-4-18-10(16)7-5-12-11(19)13-8(7)14/h5H,1,3-4H2,2H3,(H2,12,13,14,19). The predicted octanol–water partition coefficient (Wildman–Crippen LogP) is 0.709. The summed E-state index contributed by atoms with van der Waals surface area (Å²) in [6.45, 7) is 4.62. The average Bonchev–Trinajstić information content (AvgIpc) is 2.33. The number of carbonyl (C=O) groups is 2. The molecule has 0 fully saturated rings. The third-order valence-corrected chi connectivity index (χ3v) is 2.16. The molecule has 102 valence electrons. The second kappa shape index (κ2) is 6.64. The van der Waals surface area contributed by atoms with Crippen LogP contribution in [0, 0.1) is 4.77 Å². The highest BCUT2D eigenvalue weighted by Gasteiger charge is 2.12. The van der Waals surface area contributed by atoms with E-state index in [0.717, 1.165) is 6.20 Å². The predicted molar refractivity (Wildman–Crippen MR) is 68.3 cm³/mol. The second-order valence-corrected chi connectivity index (χ2v) is 3.95. The summed E-state index contributed by atoms with van der Waals surface area (Å²) in [7, 11) is 0. The first-order chi connectivity index (χ1) is 8.91. The van der Waals surface area contributed by atoms with Crippen molar-refractivity contribution in [2.24, 2.45) is 0 Å². The molecule has 1 heterocycles. The zero-order chi connectivity index (χ0) is 14.4. The molecule has 0 bridgehead atoms. The molecule has 0 radical (unpaired) electrons. The Hall–Kier alpha value is -2.22. The number of hydrogen-bond donors (Lipinski definition) is 2. The van der Waals surface area contributed by atoms with Crippen molar-refractivity contribution in [3.05, 3.63) is 39.0 Å². The van der Waals surface area contributed by atoms with Gasteiger partial charge in [0.25, 0.3) is 5.56 Å². The maximum absolute atomic E-state index is 11.5. The summed E-state index contributed by atoms with van der Waals surface area (Å²) in [6, 6.07) is 0. The lowest BCUT2D eigenvalue weighted by Crippen LogP contribution is -2.22. The van der Waals surface area contributed by atoms with Gasteiger partial charge in [-0.05, 0) is 19.1 Å². The Kier molecular flexibility index (Phi) is 5.19. The van der Waals surface area contributed by atoms with E-state index < -0.39 is 17.5 Å². The van der Waals surface area contributed by atoms with E-state index in [1.807, 2.05) is 0 Å². The van der Waals surface area contributed by atoms with Gasteiger partial charge < -0.3 is 14.5 Å². The first kappa shape index (κ1) is 14.8. The summed E-state index contributed by atoms with van der Waals surface area (Å²) in [5, 5.41) is 0. The number of hydrogen-bond acceptors (Lipinski definition) is 6. The first-order valence-electron chi connectivity index (χ1n) is 5.23. The van der Waals surface area contributed by atoms with Gasteiger partial charge in [0.2, 0.25) is 0 Å². The maximum Gasteiger partial charge on any atom is 0.345 e. The van der Waals surface area contributed by atoms with Crippen molar-refractivity contribution in [3.8, 4) is 0 Å². The number of aromatic amines is 2. The van der Waals surface area contributed by atoms with Gasteiger partial charge in [0.05, 0.1) is 0 Å². The van der Waals surface area contributed by atoms with Crippen LogP contribution in [0.25, 0.3) is 0 Å². The zero-order valence-electron chi connectivity index (χ0n) is 10.1. The molecule has 0 atom stereocenters. The lowest BCUT2D eigenvalue weighted by Gasteiger charge is -2.05. The molecular formula is C11H12N2O5S. The Balaban J connectivity index is 2.48. The minimum atomic E-state index is -0.834. The Labute approximate surface area is 113 Å². The Morgan fingerprint density at radius 3 is 2.58 bits per heavy atom. The summed E-state index contributed by atoms with van der Waals surface area (Å²) in [5.74, 6) is -1.41. The zero-order valence-corrected chi connectivity index (χ0v) is 11.0. The molecule has 7 nitrogen and oxygen atoms in total. The van der Waals surface area contributed by atoms with E-state index in [-0.39, 0.29) is 29.1 Å². The molecule has 0 aromatic carbocycles. The molecule has 2 N–H and O–H groups in total. The van der Waals surface area contributed by atoms with E-state index in [9.17, 15) is 14.4 Å². The number of carbonyl (C=O) groups excluding carboxylic acids is 2. The van der Waals surface area contributed by atoms with Gasteiger partial charge in [-0.25, -0.2) is 9.59 Å². The summed E-state index contributed by atoms with van der Waals surface area (Å²) < 4.78 is 9.58. The van der Waals surface area contributed by atoms with Crippen molar-refractivity contribution in [3.63, 3.8) is 0 Å². The largest absolute Gasteiger partial charge is 0.459 e. The van der Waals surface area contributed by atoms with E-state index in [1.165, 1.54) is 6.92 Å². The van der Waals surface area contributed by atoms with Gasteiger partial charge in [-0.15, -0.1) is 0 Å². The number of rotatable bonds is 5. The normalized spacial score (nSPS) is 9.74. The fourth-order valence-electron chi connectivity index (χ4n) is 1.03. The van der Waals surface area contributed by atoms with Gasteiger partial charge in [-0.3, -0.25) is 9.78 Å². The van der Waals surface area contributed by atoms with Gasteiger partial charge >= 0.3 is 11.9 Å². The molecule has 0 aliphatic rings. The van der Waals surface area contributed by atoms with Crippen molar-refractivity contribution in [2.75, 3.05) is 13.2 Å². The highest BCUT2D eigenvalue weighted by molar-refractivity contribution is 7.71. The minimum absolute atomic E-state index is 0.108. The van der Waals surface area contributed by atoms with Gasteiger partial charge in [0.1, 0.15) is 18.8 Å². The van der Waals surface area contributed by atoms with Crippen LogP contribution in [-0.4, -0.2) is 35.1 Å². The number of nitrogens with one attached hydrogen (secondary N) is 2. The summed E-state index contributed by atoms with van der Waals surface area (Å²) in [6.07, 6.45) is 1.16. The van der Waals surface area contributed by atoms with Crippen LogP contribution in [0.15, 0.2) is 23.1 Å². The summed E-state index contributed by atoms with van der Waals surface area (Å²) >= 11 is 4.68. The van der Waals surface area contributed by atoms with Crippen molar-refractivity contribution >= 4 is 24.2 Å². The van der Waals surface area contributed by atoms with E-state index in [1.54, 1.807) is 0 Å². The molecular weight excluding hydrogens is 272 g/mol. The molecule has 0 aliphatic carbocycles. The summed E-state index contributed by atoms with van der Waals surface area (Å²) in [5.41, 5.74) is -0.606.